The molecule has 0 saturated carbocycles. The van der Waals surface area contributed by atoms with E-state index >= 15 is 0 Å². The van der Waals surface area contributed by atoms with Gasteiger partial charge in [0.25, 0.3) is 0 Å². The van der Waals surface area contributed by atoms with Gasteiger partial charge in [-0.25, -0.2) is 0 Å². The van der Waals surface area contributed by atoms with Crippen LogP contribution in [0.3, 0.4) is 0 Å². The van der Waals surface area contributed by atoms with Gasteiger partial charge in [-0.3, -0.25) is 0 Å². The molecule has 2 rings (SSSR count). The smallest absolute Gasteiger partial charge is 0.00230 e. The minimum absolute atomic E-state index is 0.928. The van der Waals surface area contributed by atoms with Gasteiger partial charge >= 0.3 is 0 Å². The maximum atomic E-state index is 4.22. The molecular formula is C17H18. The largest absolute Gasteiger partial charge is 0.0949 e. The van der Waals surface area contributed by atoms with E-state index in [9.17, 15) is 0 Å². The number of rotatable bonds is 3. The molecule has 0 unspecified atom stereocenters. The molecule has 0 aliphatic carbocycles. The fraction of sp³-hybridized carbons (Fsp3) is 0.176. The second-order valence-electron chi connectivity index (χ2n) is 4.52. The second kappa shape index (κ2) is 5.01. The molecule has 0 heteroatoms. The fourth-order valence-electron chi connectivity index (χ4n) is 2.10. The quantitative estimate of drug-likeness (QED) is 0.714. The Morgan fingerprint density at radius 2 is 1.47 bits per heavy atom. The van der Waals surface area contributed by atoms with Gasteiger partial charge in [-0.1, -0.05) is 55.1 Å². The summed E-state index contributed by atoms with van der Waals surface area (Å²) in [6, 6.07) is 16.9. The molecule has 0 aliphatic heterocycles. The van der Waals surface area contributed by atoms with Gasteiger partial charge in [-0.2, -0.15) is 0 Å². The van der Waals surface area contributed by atoms with Crippen LogP contribution in [0.15, 0.2) is 55.1 Å². The third-order valence-electron chi connectivity index (χ3n) is 3.19. The molecule has 0 heterocycles. The Kier molecular flexibility index (Phi) is 3.43. The lowest BCUT2D eigenvalue weighted by Crippen LogP contribution is -1.94. The van der Waals surface area contributed by atoms with Crippen molar-refractivity contribution in [2.24, 2.45) is 0 Å². The summed E-state index contributed by atoms with van der Waals surface area (Å²) >= 11 is 0. The van der Waals surface area contributed by atoms with Gasteiger partial charge in [0.05, 0.1) is 0 Å². The van der Waals surface area contributed by atoms with Gasteiger partial charge in [-0.15, -0.1) is 0 Å². The highest BCUT2D eigenvalue weighted by molar-refractivity contribution is 5.68. The number of allylic oxidation sites excluding steroid dienone is 1. The molecule has 17 heavy (non-hydrogen) atoms. The van der Waals surface area contributed by atoms with E-state index in [2.05, 4.69) is 69.0 Å². The first-order valence-electron chi connectivity index (χ1n) is 5.97. The van der Waals surface area contributed by atoms with Crippen molar-refractivity contribution in [1.29, 1.82) is 0 Å². The Labute approximate surface area is 104 Å². The van der Waals surface area contributed by atoms with Crippen LogP contribution in [0.25, 0.3) is 5.57 Å². The van der Waals surface area contributed by atoms with E-state index in [0.29, 0.717) is 0 Å². The molecule has 0 amide bonds. The Morgan fingerprint density at radius 3 is 2.12 bits per heavy atom. The van der Waals surface area contributed by atoms with Crippen molar-refractivity contribution < 1.29 is 0 Å². The van der Waals surface area contributed by atoms with Crippen molar-refractivity contribution in [3.63, 3.8) is 0 Å². The molecule has 0 spiro atoms. The highest BCUT2D eigenvalue weighted by Crippen LogP contribution is 2.22. The minimum atomic E-state index is 0.928. The lowest BCUT2D eigenvalue weighted by atomic mass is 9.94. The molecular weight excluding hydrogens is 204 g/mol. The Balaban J connectivity index is 2.24. The normalized spacial score (nSPS) is 10.2. The molecule has 0 bridgehead atoms. The Morgan fingerprint density at radius 1 is 0.882 bits per heavy atom. The van der Waals surface area contributed by atoms with Crippen LogP contribution in [0.5, 0.6) is 0 Å². The zero-order chi connectivity index (χ0) is 12.3. The fourth-order valence-corrected chi connectivity index (χ4v) is 2.10. The molecule has 0 aliphatic rings. The molecule has 2 aromatic carbocycles. The van der Waals surface area contributed by atoms with Gasteiger partial charge in [0, 0.05) is 0 Å². The summed E-state index contributed by atoms with van der Waals surface area (Å²) in [5.74, 6) is 0. The maximum Gasteiger partial charge on any atom is -0.00230 e. The average molecular weight is 222 g/mol. The van der Waals surface area contributed by atoms with Crippen LogP contribution in [-0.4, -0.2) is 0 Å². The number of benzene rings is 2. The molecule has 0 radical (unpaired) electrons. The van der Waals surface area contributed by atoms with Crippen molar-refractivity contribution >= 4 is 5.57 Å². The van der Waals surface area contributed by atoms with Crippen molar-refractivity contribution in [2.45, 2.75) is 20.3 Å². The Hall–Kier alpha value is -1.82. The number of hydrogen-bond acceptors (Lipinski definition) is 0. The van der Waals surface area contributed by atoms with E-state index < -0.39 is 0 Å². The number of aryl methyl sites for hydroxylation is 2. The summed E-state index contributed by atoms with van der Waals surface area (Å²) in [5, 5.41) is 0. The van der Waals surface area contributed by atoms with Crippen LogP contribution in [-0.2, 0) is 6.42 Å². The van der Waals surface area contributed by atoms with Crippen molar-refractivity contribution in [3.05, 3.63) is 77.4 Å². The van der Waals surface area contributed by atoms with Crippen LogP contribution in [0.2, 0.25) is 0 Å². The summed E-state index contributed by atoms with van der Waals surface area (Å²) in [7, 11) is 0. The molecule has 2 aromatic rings. The van der Waals surface area contributed by atoms with Crippen LogP contribution in [0.4, 0.5) is 0 Å². The average Bonchev–Trinajstić information content (AvgIpc) is 2.32. The Bertz CT molecular complexity index is 535. The highest BCUT2D eigenvalue weighted by atomic mass is 14.1. The van der Waals surface area contributed by atoms with Crippen molar-refractivity contribution in [2.75, 3.05) is 0 Å². The van der Waals surface area contributed by atoms with Gasteiger partial charge in [0.2, 0.25) is 0 Å². The maximum absolute atomic E-state index is 4.22. The summed E-state index contributed by atoms with van der Waals surface area (Å²) < 4.78 is 0. The highest BCUT2D eigenvalue weighted by Gasteiger charge is 2.04. The predicted octanol–water partition coefficient (Wildman–Crippen LogP) is 4.56. The molecule has 0 saturated heterocycles. The second-order valence-corrected chi connectivity index (χ2v) is 4.52. The molecule has 86 valence electrons. The standard InChI is InChI=1S/C17H18/c1-13-8-4-6-10-16(13)12-15(3)17-11-7-5-9-14(17)2/h4-11H,3,12H2,1-2H3. The van der Waals surface area contributed by atoms with E-state index in [4.69, 9.17) is 0 Å². The van der Waals surface area contributed by atoms with Crippen LogP contribution in [0.1, 0.15) is 22.3 Å². The van der Waals surface area contributed by atoms with E-state index in [0.717, 1.165) is 6.42 Å². The molecule has 0 fully saturated rings. The van der Waals surface area contributed by atoms with Crippen molar-refractivity contribution in [3.8, 4) is 0 Å². The SMILES string of the molecule is C=C(Cc1ccccc1C)c1ccccc1C. The first-order valence-corrected chi connectivity index (χ1v) is 5.97. The van der Waals surface area contributed by atoms with E-state index in [1.165, 1.54) is 27.8 Å². The summed E-state index contributed by atoms with van der Waals surface area (Å²) in [6.45, 7) is 8.51. The molecule has 0 N–H and O–H groups in total. The summed E-state index contributed by atoms with van der Waals surface area (Å²) in [5.41, 5.74) is 6.46. The number of hydrogen-bond donors (Lipinski definition) is 0. The topological polar surface area (TPSA) is 0 Å². The predicted molar refractivity (Wildman–Crippen MR) is 75.1 cm³/mol. The third-order valence-corrected chi connectivity index (χ3v) is 3.19. The third kappa shape index (κ3) is 2.65. The molecule has 0 atom stereocenters. The van der Waals surface area contributed by atoms with Gasteiger partial charge < -0.3 is 0 Å². The van der Waals surface area contributed by atoms with E-state index in [-0.39, 0.29) is 0 Å². The molecule has 0 aromatic heterocycles. The van der Waals surface area contributed by atoms with Gasteiger partial charge in [0.15, 0.2) is 0 Å². The lowest BCUT2D eigenvalue weighted by Gasteiger charge is -2.11. The minimum Gasteiger partial charge on any atom is -0.0949 e. The zero-order valence-corrected chi connectivity index (χ0v) is 10.5. The van der Waals surface area contributed by atoms with Crippen LogP contribution in [0, 0.1) is 13.8 Å². The van der Waals surface area contributed by atoms with Gasteiger partial charge in [0.1, 0.15) is 0 Å². The monoisotopic (exact) mass is 222 g/mol. The van der Waals surface area contributed by atoms with Crippen LogP contribution >= 0.6 is 0 Å². The van der Waals surface area contributed by atoms with E-state index in [1.807, 2.05) is 0 Å². The van der Waals surface area contributed by atoms with Crippen LogP contribution < -0.4 is 0 Å². The molecule has 0 nitrogen and oxygen atoms in total. The van der Waals surface area contributed by atoms with Gasteiger partial charge in [-0.05, 0) is 48.1 Å². The zero-order valence-electron chi connectivity index (χ0n) is 10.5. The first kappa shape index (κ1) is 11.7. The summed E-state index contributed by atoms with van der Waals surface area (Å²) in [6.07, 6.45) is 0.928. The first-order chi connectivity index (χ1) is 8.18. The lowest BCUT2D eigenvalue weighted by molar-refractivity contribution is 1.22. The summed E-state index contributed by atoms with van der Waals surface area (Å²) in [4.78, 5) is 0. The van der Waals surface area contributed by atoms with Crippen molar-refractivity contribution in [1.82, 2.24) is 0 Å². The van der Waals surface area contributed by atoms with E-state index in [1.54, 1.807) is 0 Å².